The molecule has 92 valence electrons. The van der Waals surface area contributed by atoms with Crippen LogP contribution in [-0.4, -0.2) is 34.0 Å². The molecule has 0 bridgehead atoms. The second kappa shape index (κ2) is 7.09. The molecule has 0 rings (SSSR count). The monoisotopic (exact) mass is 227 g/mol. The number of aliphatic hydroxyl groups is 3. The van der Waals surface area contributed by atoms with Crippen molar-refractivity contribution in [1.82, 2.24) is 5.32 Å². The number of aliphatic hydroxyl groups excluding tert-OH is 3. The second-order valence-electron chi connectivity index (χ2n) is 4.00. The Morgan fingerprint density at radius 3 is 2.25 bits per heavy atom. The number of hydrogen-bond acceptors (Lipinski definition) is 4. The van der Waals surface area contributed by atoms with E-state index < -0.39 is 6.10 Å². The highest BCUT2D eigenvalue weighted by atomic mass is 16.3. The zero-order valence-corrected chi connectivity index (χ0v) is 10.1. The van der Waals surface area contributed by atoms with Gasteiger partial charge in [0.1, 0.15) is 5.76 Å². The molecule has 0 aromatic carbocycles. The highest BCUT2D eigenvalue weighted by Crippen LogP contribution is 2.09. The Hall–Kier alpha value is -1.26. The second-order valence-corrected chi connectivity index (χ2v) is 4.00. The first-order valence-corrected chi connectivity index (χ1v) is 5.21. The van der Waals surface area contributed by atoms with Crippen molar-refractivity contribution in [3.8, 4) is 0 Å². The summed E-state index contributed by atoms with van der Waals surface area (Å²) in [6.45, 7) is 9.09. The topological polar surface area (TPSA) is 72.7 Å². The average molecular weight is 227 g/mol. The van der Waals surface area contributed by atoms with Gasteiger partial charge in [0.2, 0.25) is 0 Å². The number of allylic oxidation sites excluding steroid dienone is 2. The Kier molecular flexibility index (Phi) is 6.53. The number of nitrogens with one attached hydrogen (secondary N) is 1. The molecule has 1 atom stereocenters. The first-order chi connectivity index (χ1) is 7.32. The molecule has 0 aliphatic carbocycles. The van der Waals surface area contributed by atoms with E-state index in [0.29, 0.717) is 12.1 Å². The lowest BCUT2D eigenvalue weighted by Gasteiger charge is -2.15. The lowest BCUT2D eigenvalue weighted by atomic mass is 10.1. The van der Waals surface area contributed by atoms with Crippen LogP contribution in [0.25, 0.3) is 0 Å². The van der Waals surface area contributed by atoms with Gasteiger partial charge in [0.05, 0.1) is 11.9 Å². The van der Waals surface area contributed by atoms with Crippen LogP contribution in [0.3, 0.4) is 0 Å². The Morgan fingerprint density at radius 2 is 1.88 bits per heavy atom. The molecule has 0 aliphatic heterocycles. The van der Waals surface area contributed by atoms with Crippen LogP contribution in [0.4, 0.5) is 0 Å². The van der Waals surface area contributed by atoms with Crippen molar-refractivity contribution >= 4 is 0 Å². The molecule has 0 radical (unpaired) electrons. The van der Waals surface area contributed by atoms with Crippen LogP contribution in [0, 0.1) is 0 Å². The van der Waals surface area contributed by atoms with Gasteiger partial charge in [0, 0.05) is 12.6 Å². The molecule has 0 spiro atoms. The molecule has 0 aromatic heterocycles. The summed E-state index contributed by atoms with van der Waals surface area (Å²) in [5.74, 6) is -0.0906. The SMILES string of the molecule is C=C(O)/C=C(\C=C(/C)O)C(O)CNC(C)C. The van der Waals surface area contributed by atoms with Gasteiger partial charge in [-0.25, -0.2) is 0 Å². The van der Waals surface area contributed by atoms with Crippen molar-refractivity contribution in [3.63, 3.8) is 0 Å². The summed E-state index contributed by atoms with van der Waals surface area (Å²) in [6, 6.07) is 0.257. The molecule has 0 saturated carbocycles. The molecule has 4 nitrogen and oxygen atoms in total. The molecule has 1 unspecified atom stereocenters. The minimum Gasteiger partial charge on any atom is -0.513 e. The van der Waals surface area contributed by atoms with Crippen LogP contribution in [-0.2, 0) is 0 Å². The van der Waals surface area contributed by atoms with E-state index in [4.69, 9.17) is 10.2 Å². The van der Waals surface area contributed by atoms with E-state index in [2.05, 4.69) is 11.9 Å². The summed E-state index contributed by atoms with van der Waals surface area (Å²) in [6.07, 6.45) is 1.92. The first kappa shape index (κ1) is 14.7. The van der Waals surface area contributed by atoms with Gasteiger partial charge in [0.25, 0.3) is 0 Å². The molecular weight excluding hydrogens is 206 g/mol. The molecule has 4 N–H and O–H groups in total. The predicted molar refractivity (Wildman–Crippen MR) is 65.4 cm³/mol. The Morgan fingerprint density at radius 1 is 1.31 bits per heavy atom. The fourth-order valence-electron chi connectivity index (χ4n) is 1.13. The molecule has 0 heterocycles. The van der Waals surface area contributed by atoms with Crippen molar-refractivity contribution in [1.29, 1.82) is 0 Å². The van der Waals surface area contributed by atoms with E-state index in [1.165, 1.54) is 19.1 Å². The maximum Gasteiger partial charge on any atom is 0.108 e. The van der Waals surface area contributed by atoms with Gasteiger partial charge >= 0.3 is 0 Å². The summed E-state index contributed by atoms with van der Waals surface area (Å²) in [7, 11) is 0. The van der Waals surface area contributed by atoms with Crippen molar-refractivity contribution < 1.29 is 15.3 Å². The van der Waals surface area contributed by atoms with Crippen molar-refractivity contribution in [2.75, 3.05) is 6.54 Å². The summed E-state index contributed by atoms with van der Waals surface area (Å²) in [5.41, 5.74) is 0.417. The molecule has 0 aliphatic rings. The first-order valence-electron chi connectivity index (χ1n) is 5.21. The van der Waals surface area contributed by atoms with Gasteiger partial charge in [-0.3, -0.25) is 0 Å². The summed E-state index contributed by atoms with van der Waals surface area (Å²) in [4.78, 5) is 0. The van der Waals surface area contributed by atoms with Gasteiger partial charge in [-0.2, -0.15) is 0 Å². The third kappa shape index (κ3) is 7.09. The third-order valence-corrected chi connectivity index (χ3v) is 1.81. The van der Waals surface area contributed by atoms with E-state index >= 15 is 0 Å². The van der Waals surface area contributed by atoms with Crippen LogP contribution in [0.15, 0.2) is 35.8 Å². The van der Waals surface area contributed by atoms with E-state index in [-0.39, 0.29) is 17.6 Å². The maximum atomic E-state index is 9.82. The van der Waals surface area contributed by atoms with Gasteiger partial charge in [-0.05, 0) is 24.6 Å². The predicted octanol–water partition coefficient (Wildman–Crippen LogP) is 1.81. The molecule has 4 heteroatoms. The fourth-order valence-corrected chi connectivity index (χ4v) is 1.13. The van der Waals surface area contributed by atoms with Gasteiger partial charge in [0.15, 0.2) is 0 Å². The largest absolute Gasteiger partial charge is 0.513 e. The minimum atomic E-state index is -0.798. The van der Waals surface area contributed by atoms with E-state index in [1.807, 2.05) is 13.8 Å². The van der Waals surface area contributed by atoms with Gasteiger partial charge < -0.3 is 20.6 Å². The van der Waals surface area contributed by atoms with E-state index in [1.54, 1.807) is 0 Å². The van der Waals surface area contributed by atoms with Crippen LogP contribution >= 0.6 is 0 Å². The molecule has 16 heavy (non-hydrogen) atoms. The normalized spacial score (nSPS) is 15.3. The average Bonchev–Trinajstić information content (AvgIpc) is 2.11. The standard InChI is InChI=1S/C12H21NO3/c1-8(2)13-7-12(16)11(5-9(3)14)6-10(4)15/h5-6,8,12-16H,3,7H2,1-2,4H3/b10-6+,11-5+. The van der Waals surface area contributed by atoms with Crippen molar-refractivity contribution in [2.24, 2.45) is 0 Å². The molecule has 0 fully saturated rings. The van der Waals surface area contributed by atoms with Gasteiger partial charge in [-0.1, -0.05) is 20.4 Å². The van der Waals surface area contributed by atoms with Crippen LogP contribution < -0.4 is 5.32 Å². The van der Waals surface area contributed by atoms with Crippen molar-refractivity contribution in [3.05, 3.63) is 35.8 Å². The van der Waals surface area contributed by atoms with Crippen LogP contribution in [0.1, 0.15) is 20.8 Å². The zero-order valence-electron chi connectivity index (χ0n) is 10.1. The van der Waals surface area contributed by atoms with E-state index in [9.17, 15) is 5.11 Å². The summed E-state index contributed by atoms with van der Waals surface area (Å²) < 4.78 is 0. The van der Waals surface area contributed by atoms with Crippen LogP contribution in [0.5, 0.6) is 0 Å². The number of rotatable bonds is 6. The summed E-state index contributed by atoms with van der Waals surface area (Å²) >= 11 is 0. The Labute approximate surface area is 96.6 Å². The van der Waals surface area contributed by atoms with Gasteiger partial charge in [-0.15, -0.1) is 0 Å². The molecule has 0 aromatic rings. The highest BCUT2D eigenvalue weighted by molar-refractivity contribution is 5.30. The lowest BCUT2D eigenvalue weighted by Crippen LogP contribution is -2.32. The van der Waals surface area contributed by atoms with Crippen molar-refractivity contribution in [2.45, 2.75) is 32.9 Å². The summed E-state index contributed by atoms with van der Waals surface area (Å²) in [5, 5.41) is 31.1. The number of hydrogen-bond donors (Lipinski definition) is 4. The highest BCUT2D eigenvalue weighted by Gasteiger charge is 2.10. The van der Waals surface area contributed by atoms with E-state index in [0.717, 1.165) is 0 Å². The quantitative estimate of drug-likeness (QED) is 0.412. The Balaban J connectivity index is 4.64. The molecule has 0 amide bonds. The molecular formula is C12H21NO3. The minimum absolute atomic E-state index is 0.0658. The van der Waals surface area contributed by atoms with Crippen LogP contribution in [0.2, 0.25) is 0 Å². The fraction of sp³-hybridized carbons (Fsp3) is 0.500. The maximum absolute atomic E-state index is 9.82. The zero-order chi connectivity index (χ0) is 12.7. The smallest absolute Gasteiger partial charge is 0.108 e. The Bertz CT molecular complexity index is 289. The molecule has 0 saturated heterocycles. The lowest BCUT2D eigenvalue weighted by molar-refractivity contribution is 0.205. The third-order valence-electron chi connectivity index (χ3n) is 1.81.